The van der Waals surface area contributed by atoms with Gasteiger partial charge in [-0.15, -0.1) is 0 Å². The number of carbonyl (C=O) groups excluding carboxylic acids is 2. The van der Waals surface area contributed by atoms with Gasteiger partial charge in [-0.2, -0.15) is 0 Å². The first-order valence-electron chi connectivity index (χ1n) is 8.39. The first-order chi connectivity index (χ1) is 12.1. The molecule has 0 aliphatic rings. The van der Waals surface area contributed by atoms with E-state index in [1.54, 1.807) is 6.92 Å². The van der Waals surface area contributed by atoms with E-state index in [9.17, 15) is 9.59 Å². The average molecular weight is 341 g/mol. The fourth-order valence-electron chi connectivity index (χ4n) is 2.33. The van der Waals surface area contributed by atoms with Gasteiger partial charge in [0, 0.05) is 0 Å². The Morgan fingerprint density at radius 3 is 2.20 bits per heavy atom. The number of hydrogen-bond donors (Lipinski definition) is 1. The Hall–Kier alpha value is -2.82. The molecule has 1 N–H and O–H groups in total. The Morgan fingerprint density at radius 2 is 1.60 bits per heavy atom. The van der Waals surface area contributed by atoms with Gasteiger partial charge >= 0.3 is 5.97 Å². The van der Waals surface area contributed by atoms with Crippen LogP contribution in [-0.2, 0) is 14.3 Å². The molecule has 0 aliphatic heterocycles. The van der Waals surface area contributed by atoms with Crippen LogP contribution < -0.4 is 10.1 Å². The molecule has 132 valence electrons. The topological polar surface area (TPSA) is 64.6 Å². The van der Waals surface area contributed by atoms with Crippen molar-refractivity contribution in [1.82, 2.24) is 5.32 Å². The van der Waals surface area contributed by atoms with E-state index < -0.39 is 12.1 Å². The van der Waals surface area contributed by atoms with Crippen LogP contribution in [0.1, 0.15) is 20.3 Å². The largest absolute Gasteiger partial charge is 0.481 e. The predicted molar refractivity (Wildman–Crippen MR) is 96.2 cm³/mol. The van der Waals surface area contributed by atoms with Crippen molar-refractivity contribution in [2.75, 3.05) is 13.2 Å². The van der Waals surface area contributed by atoms with Gasteiger partial charge in [0.05, 0.1) is 6.61 Å². The first-order valence-corrected chi connectivity index (χ1v) is 8.39. The Balaban J connectivity index is 1.94. The molecule has 25 heavy (non-hydrogen) atoms. The minimum atomic E-state index is -0.656. The van der Waals surface area contributed by atoms with Crippen molar-refractivity contribution in [3.05, 3.63) is 54.6 Å². The van der Waals surface area contributed by atoms with Crippen molar-refractivity contribution in [3.8, 4) is 16.9 Å². The normalized spacial score (nSPS) is 11.4. The van der Waals surface area contributed by atoms with Crippen molar-refractivity contribution < 1.29 is 19.1 Å². The zero-order chi connectivity index (χ0) is 18.1. The molecule has 1 atom stereocenters. The van der Waals surface area contributed by atoms with Crippen LogP contribution in [0.15, 0.2) is 54.6 Å². The summed E-state index contributed by atoms with van der Waals surface area (Å²) in [5.74, 6) is -0.182. The molecular weight excluding hydrogens is 318 g/mol. The SMILES string of the molecule is CCOC(=O)CNC(=O)C(CC)Oc1ccc(-c2ccccc2)cc1. The maximum atomic E-state index is 12.1. The fraction of sp³-hybridized carbons (Fsp3) is 0.300. The van der Waals surface area contributed by atoms with Crippen LogP contribution in [0.5, 0.6) is 5.75 Å². The molecule has 0 aliphatic carbocycles. The second kappa shape index (κ2) is 9.47. The van der Waals surface area contributed by atoms with Crippen LogP contribution in [0.25, 0.3) is 11.1 Å². The van der Waals surface area contributed by atoms with E-state index in [2.05, 4.69) is 5.32 Å². The molecule has 0 heterocycles. The fourth-order valence-corrected chi connectivity index (χ4v) is 2.33. The highest BCUT2D eigenvalue weighted by atomic mass is 16.5. The maximum Gasteiger partial charge on any atom is 0.325 e. The molecule has 5 nitrogen and oxygen atoms in total. The quantitative estimate of drug-likeness (QED) is 0.749. The third kappa shape index (κ3) is 5.64. The van der Waals surface area contributed by atoms with Gasteiger partial charge in [-0.3, -0.25) is 9.59 Å². The van der Waals surface area contributed by atoms with E-state index in [0.29, 0.717) is 12.2 Å². The van der Waals surface area contributed by atoms with Gasteiger partial charge in [0.25, 0.3) is 5.91 Å². The van der Waals surface area contributed by atoms with E-state index in [-0.39, 0.29) is 19.1 Å². The Kier molecular flexibility index (Phi) is 7.01. The van der Waals surface area contributed by atoms with Gasteiger partial charge in [-0.25, -0.2) is 0 Å². The number of benzene rings is 2. The second-order valence-corrected chi connectivity index (χ2v) is 5.43. The van der Waals surface area contributed by atoms with Crippen LogP contribution in [0.4, 0.5) is 0 Å². The standard InChI is InChI=1S/C20H23NO4/c1-3-18(20(23)21-14-19(22)24-4-2)25-17-12-10-16(11-13-17)15-8-6-5-7-9-15/h5-13,18H,3-4,14H2,1-2H3,(H,21,23). The number of carbonyl (C=O) groups is 2. The monoisotopic (exact) mass is 341 g/mol. The summed E-state index contributed by atoms with van der Waals surface area (Å²) >= 11 is 0. The summed E-state index contributed by atoms with van der Waals surface area (Å²) in [6.45, 7) is 3.71. The highest BCUT2D eigenvalue weighted by Crippen LogP contribution is 2.23. The van der Waals surface area contributed by atoms with Crippen LogP contribution in [0, 0.1) is 0 Å². The summed E-state index contributed by atoms with van der Waals surface area (Å²) < 4.78 is 10.5. The summed E-state index contributed by atoms with van der Waals surface area (Å²) in [6, 6.07) is 17.6. The molecular formula is C20H23NO4. The molecule has 2 aromatic carbocycles. The summed E-state index contributed by atoms with van der Waals surface area (Å²) in [4.78, 5) is 23.4. The van der Waals surface area contributed by atoms with E-state index in [1.807, 2.05) is 61.5 Å². The lowest BCUT2D eigenvalue weighted by molar-refractivity contribution is -0.144. The van der Waals surface area contributed by atoms with E-state index in [1.165, 1.54) is 0 Å². The van der Waals surface area contributed by atoms with Crippen LogP contribution in [0.2, 0.25) is 0 Å². The Labute approximate surface area is 148 Å². The predicted octanol–water partition coefficient (Wildman–Crippen LogP) is 3.19. The first kappa shape index (κ1) is 18.5. The third-order valence-corrected chi connectivity index (χ3v) is 3.62. The van der Waals surface area contributed by atoms with Gasteiger partial charge in [0.15, 0.2) is 6.10 Å². The number of nitrogens with one attached hydrogen (secondary N) is 1. The van der Waals surface area contributed by atoms with Crippen LogP contribution >= 0.6 is 0 Å². The maximum absolute atomic E-state index is 12.1. The average Bonchev–Trinajstić information content (AvgIpc) is 2.65. The van der Waals surface area contributed by atoms with Crippen molar-refractivity contribution >= 4 is 11.9 Å². The minimum Gasteiger partial charge on any atom is -0.481 e. The third-order valence-electron chi connectivity index (χ3n) is 3.62. The highest BCUT2D eigenvalue weighted by Gasteiger charge is 2.19. The van der Waals surface area contributed by atoms with Gasteiger partial charge in [0.1, 0.15) is 12.3 Å². The van der Waals surface area contributed by atoms with Gasteiger partial charge in [0.2, 0.25) is 0 Å². The second-order valence-electron chi connectivity index (χ2n) is 5.43. The molecule has 5 heteroatoms. The zero-order valence-electron chi connectivity index (χ0n) is 14.5. The molecule has 0 fully saturated rings. The molecule has 0 saturated heterocycles. The molecule has 1 unspecified atom stereocenters. The summed E-state index contributed by atoms with van der Waals surface area (Å²) in [5.41, 5.74) is 2.20. The molecule has 0 radical (unpaired) electrons. The molecule has 1 amide bonds. The molecule has 0 bridgehead atoms. The number of amides is 1. The summed E-state index contributed by atoms with van der Waals surface area (Å²) in [6.07, 6.45) is -0.160. The van der Waals surface area contributed by atoms with Crippen LogP contribution in [-0.4, -0.2) is 31.1 Å². The summed E-state index contributed by atoms with van der Waals surface area (Å²) in [7, 11) is 0. The van der Waals surface area contributed by atoms with Gasteiger partial charge < -0.3 is 14.8 Å². The lowest BCUT2D eigenvalue weighted by Crippen LogP contribution is -2.40. The lowest BCUT2D eigenvalue weighted by atomic mass is 10.1. The lowest BCUT2D eigenvalue weighted by Gasteiger charge is -2.17. The number of hydrogen-bond acceptors (Lipinski definition) is 4. The van der Waals surface area contributed by atoms with Crippen LogP contribution in [0.3, 0.4) is 0 Å². The molecule has 0 aromatic heterocycles. The Bertz CT molecular complexity index is 683. The van der Waals surface area contributed by atoms with E-state index in [0.717, 1.165) is 11.1 Å². The minimum absolute atomic E-state index is 0.153. The van der Waals surface area contributed by atoms with Crippen molar-refractivity contribution in [2.45, 2.75) is 26.4 Å². The molecule has 2 aromatic rings. The summed E-state index contributed by atoms with van der Waals surface area (Å²) in [5, 5.41) is 2.54. The molecule has 0 saturated carbocycles. The number of ether oxygens (including phenoxy) is 2. The Morgan fingerprint density at radius 1 is 0.960 bits per heavy atom. The van der Waals surface area contributed by atoms with E-state index in [4.69, 9.17) is 9.47 Å². The highest BCUT2D eigenvalue weighted by molar-refractivity contribution is 5.85. The van der Waals surface area contributed by atoms with Crippen molar-refractivity contribution in [3.63, 3.8) is 0 Å². The molecule has 0 spiro atoms. The molecule has 2 rings (SSSR count). The van der Waals surface area contributed by atoms with Crippen molar-refractivity contribution in [1.29, 1.82) is 0 Å². The van der Waals surface area contributed by atoms with Gasteiger partial charge in [-0.1, -0.05) is 49.4 Å². The van der Waals surface area contributed by atoms with E-state index >= 15 is 0 Å². The number of esters is 1. The van der Waals surface area contributed by atoms with Crippen molar-refractivity contribution in [2.24, 2.45) is 0 Å². The number of rotatable bonds is 8. The smallest absolute Gasteiger partial charge is 0.325 e. The van der Waals surface area contributed by atoms with Gasteiger partial charge in [-0.05, 0) is 36.6 Å². The zero-order valence-corrected chi connectivity index (χ0v) is 14.5.